The molecular formula is C22H23ClN4O2. The fourth-order valence-corrected chi connectivity index (χ4v) is 3.66. The Hall–Kier alpha value is -2.83. The van der Waals surface area contributed by atoms with Crippen molar-refractivity contribution in [2.24, 2.45) is 0 Å². The van der Waals surface area contributed by atoms with Crippen LogP contribution in [0.2, 0.25) is 5.02 Å². The van der Waals surface area contributed by atoms with Crippen LogP contribution in [0.3, 0.4) is 0 Å². The van der Waals surface area contributed by atoms with Crippen molar-refractivity contribution < 1.29 is 9.59 Å². The molecule has 0 spiro atoms. The predicted octanol–water partition coefficient (Wildman–Crippen LogP) is 2.90. The van der Waals surface area contributed by atoms with Crippen molar-refractivity contribution in [2.75, 3.05) is 32.7 Å². The maximum absolute atomic E-state index is 12.8. The van der Waals surface area contributed by atoms with Crippen molar-refractivity contribution in [1.82, 2.24) is 20.1 Å². The molecular weight excluding hydrogens is 388 g/mol. The van der Waals surface area contributed by atoms with Crippen molar-refractivity contribution in [3.63, 3.8) is 0 Å². The van der Waals surface area contributed by atoms with Crippen LogP contribution in [0.4, 0.5) is 0 Å². The quantitative estimate of drug-likeness (QED) is 0.679. The van der Waals surface area contributed by atoms with Gasteiger partial charge in [-0.2, -0.15) is 0 Å². The fraction of sp³-hybridized carbons (Fsp3) is 0.273. The first-order chi connectivity index (χ1) is 14.1. The second-order valence-corrected chi connectivity index (χ2v) is 7.68. The van der Waals surface area contributed by atoms with Gasteiger partial charge in [-0.3, -0.25) is 14.5 Å². The molecule has 1 fully saturated rings. The van der Waals surface area contributed by atoms with Gasteiger partial charge in [-0.25, -0.2) is 0 Å². The zero-order valence-electron chi connectivity index (χ0n) is 16.0. The maximum atomic E-state index is 12.8. The lowest BCUT2D eigenvalue weighted by molar-refractivity contribution is -0.122. The molecule has 1 aliphatic rings. The van der Waals surface area contributed by atoms with E-state index in [1.165, 1.54) is 0 Å². The Balaban J connectivity index is 1.25. The molecule has 29 heavy (non-hydrogen) atoms. The molecule has 0 unspecified atom stereocenters. The average Bonchev–Trinajstić information content (AvgIpc) is 3.18. The van der Waals surface area contributed by atoms with Crippen molar-refractivity contribution >= 4 is 34.3 Å². The number of H-pyrrole nitrogens is 1. The van der Waals surface area contributed by atoms with Crippen LogP contribution in [0.15, 0.2) is 54.6 Å². The summed E-state index contributed by atoms with van der Waals surface area (Å²) in [5.74, 6) is -0.0108. The van der Waals surface area contributed by atoms with Crippen LogP contribution in [0.25, 0.3) is 10.9 Å². The Labute approximate surface area is 174 Å². The van der Waals surface area contributed by atoms with Gasteiger partial charge in [-0.05, 0) is 29.8 Å². The molecule has 150 valence electrons. The van der Waals surface area contributed by atoms with Gasteiger partial charge in [0.05, 0.1) is 6.54 Å². The van der Waals surface area contributed by atoms with Crippen molar-refractivity contribution in [3.05, 3.63) is 70.9 Å². The summed E-state index contributed by atoms with van der Waals surface area (Å²) < 4.78 is 0. The minimum absolute atomic E-state index is 0.00744. The van der Waals surface area contributed by atoms with E-state index in [2.05, 4.69) is 15.2 Å². The lowest BCUT2D eigenvalue weighted by Crippen LogP contribution is -2.51. The zero-order valence-corrected chi connectivity index (χ0v) is 16.8. The largest absolute Gasteiger partial charge is 0.351 e. The summed E-state index contributed by atoms with van der Waals surface area (Å²) in [4.78, 5) is 32.1. The fourth-order valence-electron chi connectivity index (χ4n) is 3.53. The van der Waals surface area contributed by atoms with Gasteiger partial charge in [0.25, 0.3) is 5.91 Å². The lowest BCUT2D eigenvalue weighted by atomic mass is 10.2. The summed E-state index contributed by atoms with van der Waals surface area (Å²) in [7, 11) is 0. The summed E-state index contributed by atoms with van der Waals surface area (Å²) in [5.41, 5.74) is 2.59. The van der Waals surface area contributed by atoms with E-state index in [1.807, 2.05) is 59.5 Å². The number of benzene rings is 2. The van der Waals surface area contributed by atoms with Crippen molar-refractivity contribution in [1.29, 1.82) is 0 Å². The van der Waals surface area contributed by atoms with Crippen LogP contribution in [-0.2, 0) is 11.3 Å². The van der Waals surface area contributed by atoms with Crippen LogP contribution in [0.5, 0.6) is 0 Å². The molecule has 4 rings (SSSR count). The van der Waals surface area contributed by atoms with E-state index in [1.54, 1.807) is 0 Å². The molecule has 2 aromatic carbocycles. The summed E-state index contributed by atoms with van der Waals surface area (Å²) in [6.45, 7) is 3.40. The molecule has 7 heteroatoms. The molecule has 1 saturated heterocycles. The van der Waals surface area contributed by atoms with Gasteiger partial charge in [-0.15, -0.1) is 0 Å². The van der Waals surface area contributed by atoms with Crippen LogP contribution in [0, 0.1) is 0 Å². The van der Waals surface area contributed by atoms with E-state index in [0.717, 1.165) is 16.5 Å². The van der Waals surface area contributed by atoms with E-state index in [9.17, 15) is 9.59 Å². The highest BCUT2D eigenvalue weighted by Crippen LogP contribution is 2.17. The summed E-state index contributed by atoms with van der Waals surface area (Å²) >= 11 is 5.87. The van der Waals surface area contributed by atoms with Gasteiger partial charge in [0.1, 0.15) is 5.69 Å². The van der Waals surface area contributed by atoms with E-state index in [-0.39, 0.29) is 11.8 Å². The number of hydrogen-bond donors (Lipinski definition) is 2. The molecule has 2 heterocycles. The number of nitrogens with one attached hydrogen (secondary N) is 2. The Bertz CT molecular complexity index is 974. The van der Waals surface area contributed by atoms with Gasteiger partial charge in [-0.1, -0.05) is 41.9 Å². The zero-order chi connectivity index (χ0) is 20.2. The van der Waals surface area contributed by atoms with E-state index in [0.29, 0.717) is 50.0 Å². The number of aromatic nitrogens is 1. The average molecular weight is 411 g/mol. The third-order valence-corrected chi connectivity index (χ3v) is 5.44. The van der Waals surface area contributed by atoms with E-state index < -0.39 is 0 Å². The van der Waals surface area contributed by atoms with Gasteiger partial charge in [0.15, 0.2) is 0 Å². The Kier molecular flexibility index (Phi) is 5.83. The number of rotatable bonds is 5. The third kappa shape index (κ3) is 4.78. The first-order valence-electron chi connectivity index (χ1n) is 9.69. The highest BCUT2D eigenvalue weighted by molar-refractivity contribution is 6.30. The van der Waals surface area contributed by atoms with Crippen LogP contribution < -0.4 is 5.32 Å². The molecule has 0 saturated carbocycles. The molecule has 2 N–H and O–H groups in total. The standard InChI is InChI=1S/C22H23ClN4O2/c23-18-7-5-16(6-8-18)14-24-21(28)15-26-9-11-27(12-10-26)22(29)20-13-17-3-1-2-4-19(17)25-20/h1-8,13,25H,9-12,14-15H2,(H,24,28). The van der Waals surface area contributed by atoms with Crippen LogP contribution in [-0.4, -0.2) is 59.3 Å². The summed E-state index contributed by atoms with van der Waals surface area (Å²) in [6, 6.07) is 17.2. The number of carbonyl (C=O) groups is 2. The second-order valence-electron chi connectivity index (χ2n) is 7.24. The minimum Gasteiger partial charge on any atom is -0.351 e. The second kappa shape index (κ2) is 8.68. The SMILES string of the molecule is O=C(CN1CCN(C(=O)c2cc3ccccc3[nH]2)CC1)NCc1ccc(Cl)cc1. The Morgan fingerprint density at radius 2 is 1.72 bits per heavy atom. The van der Waals surface area contributed by atoms with Gasteiger partial charge >= 0.3 is 0 Å². The molecule has 3 aromatic rings. The summed E-state index contributed by atoms with van der Waals surface area (Å²) in [6.07, 6.45) is 0. The molecule has 0 radical (unpaired) electrons. The Morgan fingerprint density at radius 1 is 1.00 bits per heavy atom. The van der Waals surface area contributed by atoms with Crippen molar-refractivity contribution in [3.8, 4) is 0 Å². The van der Waals surface area contributed by atoms with E-state index >= 15 is 0 Å². The number of nitrogens with zero attached hydrogens (tertiary/aromatic N) is 2. The first-order valence-corrected chi connectivity index (χ1v) is 10.1. The monoisotopic (exact) mass is 410 g/mol. The highest BCUT2D eigenvalue weighted by Gasteiger charge is 2.24. The smallest absolute Gasteiger partial charge is 0.270 e. The molecule has 1 aromatic heterocycles. The summed E-state index contributed by atoms with van der Waals surface area (Å²) in [5, 5.41) is 4.65. The molecule has 0 bridgehead atoms. The molecule has 0 aliphatic carbocycles. The highest BCUT2D eigenvalue weighted by atomic mass is 35.5. The number of para-hydroxylation sites is 1. The number of carbonyl (C=O) groups excluding carboxylic acids is 2. The number of hydrogen-bond acceptors (Lipinski definition) is 3. The topological polar surface area (TPSA) is 68.4 Å². The number of halogens is 1. The van der Waals surface area contributed by atoms with Gasteiger partial charge in [0, 0.05) is 48.6 Å². The third-order valence-electron chi connectivity index (χ3n) is 5.19. The first kappa shape index (κ1) is 19.5. The number of fused-ring (bicyclic) bond motifs is 1. The molecule has 2 amide bonds. The number of piperazine rings is 1. The van der Waals surface area contributed by atoms with E-state index in [4.69, 9.17) is 11.6 Å². The lowest BCUT2D eigenvalue weighted by Gasteiger charge is -2.34. The molecule has 6 nitrogen and oxygen atoms in total. The van der Waals surface area contributed by atoms with Gasteiger partial charge < -0.3 is 15.2 Å². The van der Waals surface area contributed by atoms with Crippen LogP contribution in [0.1, 0.15) is 16.1 Å². The molecule has 0 atom stereocenters. The molecule has 1 aliphatic heterocycles. The predicted molar refractivity (Wildman–Crippen MR) is 114 cm³/mol. The van der Waals surface area contributed by atoms with Crippen LogP contribution >= 0.6 is 11.6 Å². The number of amides is 2. The van der Waals surface area contributed by atoms with Crippen molar-refractivity contribution in [2.45, 2.75) is 6.54 Å². The minimum atomic E-state index is -0.0182. The normalized spacial score (nSPS) is 14.9. The maximum Gasteiger partial charge on any atom is 0.270 e. The van der Waals surface area contributed by atoms with Gasteiger partial charge in [0.2, 0.25) is 5.91 Å². The Morgan fingerprint density at radius 3 is 2.45 bits per heavy atom. The number of aromatic amines is 1.